The molecule has 88 valence electrons. The van der Waals surface area contributed by atoms with Crippen molar-refractivity contribution in [2.24, 2.45) is 17.6 Å². The van der Waals surface area contributed by atoms with Gasteiger partial charge in [0, 0.05) is 25.3 Å². The first-order chi connectivity index (χ1) is 7.01. The maximum Gasteiger partial charge on any atom is 0.306 e. The normalized spacial score (nSPS) is 29.1. The van der Waals surface area contributed by atoms with Crippen molar-refractivity contribution in [1.29, 1.82) is 0 Å². The van der Waals surface area contributed by atoms with Gasteiger partial charge in [0.25, 0.3) is 5.92 Å². The molecule has 1 rings (SSSR count). The molecular formula is C10H17F2NO2. The Morgan fingerprint density at radius 1 is 1.60 bits per heavy atom. The second-order valence-electron chi connectivity index (χ2n) is 3.91. The number of alkyl halides is 2. The van der Waals surface area contributed by atoms with Gasteiger partial charge >= 0.3 is 5.97 Å². The van der Waals surface area contributed by atoms with E-state index in [0.29, 0.717) is 6.42 Å². The molecule has 0 spiro atoms. The maximum absolute atomic E-state index is 13.3. The van der Waals surface area contributed by atoms with Crippen LogP contribution in [0.1, 0.15) is 26.2 Å². The lowest BCUT2D eigenvalue weighted by atomic mass is 9.91. The van der Waals surface area contributed by atoms with Crippen LogP contribution in [0, 0.1) is 11.8 Å². The van der Waals surface area contributed by atoms with Gasteiger partial charge in [0.1, 0.15) is 0 Å². The van der Waals surface area contributed by atoms with Crippen LogP contribution in [0.15, 0.2) is 0 Å². The molecule has 1 aliphatic rings. The SMILES string of the molecule is CCOC(=O)C[C@H]1CCC(F)(F)[C@H]1CN. The molecule has 3 nitrogen and oxygen atoms in total. The number of carbonyl (C=O) groups is 1. The Kier molecular flexibility index (Phi) is 4.02. The summed E-state index contributed by atoms with van der Waals surface area (Å²) in [7, 11) is 0. The summed E-state index contributed by atoms with van der Waals surface area (Å²) in [4.78, 5) is 11.2. The van der Waals surface area contributed by atoms with Crippen molar-refractivity contribution in [2.45, 2.75) is 32.1 Å². The van der Waals surface area contributed by atoms with Crippen molar-refractivity contribution in [3.8, 4) is 0 Å². The first-order valence-corrected chi connectivity index (χ1v) is 5.24. The summed E-state index contributed by atoms with van der Waals surface area (Å²) in [5.41, 5.74) is 5.32. The van der Waals surface area contributed by atoms with Gasteiger partial charge in [0.05, 0.1) is 6.61 Å². The van der Waals surface area contributed by atoms with Crippen molar-refractivity contribution in [3.05, 3.63) is 0 Å². The molecule has 0 aromatic carbocycles. The van der Waals surface area contributed by atoms with Crippen LogP contribution >= 0.6 is 0 Å². The minimum Gasteiger partial charge on any atom is -0.466 e. The van der Waals surface area contributed by atoms with E-state index in [1.807, 2.05) is 0 Å². The van der Waals surface area contributed by atoms with E-state index < -0.39 is 17.8 Å². The molecule has 0 aliphatic heterocycles. The molecule has 0 aromatic heterocycles. The predicted octanol–water partition coefficient (Wildman–Crippen LogP) is 1.56. The van der Waals surface area contributed by atoms with Crippen LogP contribution in [0.25, 0.3) is 0 Å². The smallest absolute Gasteiger partial charge is 0.306 e. The summed E-state index contributed by atoms with van der Waals surface area (Å²) in [5.74, 6) is -4.32. The van der Waals surface area contributed by atoms with Gasteiger partial charge < -0.3 is 10.5 Å². The number of nitrogens with two attached hydrogens (primary N) is 1. The second kappa shape index (κ2) is 4.88. The number of esters is 1. The van der Waals surface area contributed by atoms with Crippen molar-refractivity contribution in [3.63, 3.8) is 0 Å². The van der Waals surface area contributed by atoms with Gasteiger partial charge in [0.15, 0.2) is 0 Å². The third-order valence-corrected chi connectivity index (χ3v) is 2.95. The lowest BCUT2D eigenvalue weighted by Crippen LogP contribution is -2.33. The van der Waals surface area contributed by atoms with Crippen LogP contribution < -0.4 is 5.73 Å². The van der Waals surface area contributed by atoms with Crippen molar-refractivity contribution in [2.75, 3.05) is 13.2 Å². The van der Waals surface area contributed by atoms with Gasteiger partial charge in [-0.1, -0.05) is 0 Å². The van der Waals surface area contributed by atoms with Crippen LogP contribution in [0.3, 0.4) is 0 Å². The molecule has 5 heteroatoms. The van der Waals surface area contributed by atoms with Crippen LogP contribution in [0.5, 0.6) is 0 Å². The first-order valence-electron chi connectivity index (χ1n) is 5.24. The standard InChI is InChI=1S/C10H17F2NO2/c1-2-15-9(14)5-7-3-4-10(11,12)8(7)6-13/h7-8H,2-6,13H2,1H3/t7-,8+/m1/s1. The Balaban J connectivity index is 2.53. The average Bonchev–Trinajstić information content (AvgIpc) is 2.41. The fourth-order valence-corrected chi connectivity index (χ4v) is 2.15. The minimum atomic E-state index is -2.72. The molecule has 0 aromatic rings. The van der Waals surface area contributed by atoms with Gasteiger partial charge in [0.2, 0.25) is 0 Å². The van der Waals surface area contributed by atoms with Crippen LogP contribution in [-0.2, 0) is 9.53 Å². The molecule has 2 N–H and O–H groups in total. The highest BCUT2D eigenvalue weighted by Crippen LogP contribution is 2.45. The average molecular weight is 221 g/mol. The number of rotatable bonds is 4. The largest absolute Gasteiger partial charge is 0.466 e. The summed E-state index contributed by atoms with van der Waals surface area (Å²) < 4.78 is 31.3. The van der Waals surface area contributed by atoms with Crippen LogP contribution in [0.4, 0.5) is 8.78 Å². The van der Waals surface area contributed by atoms with Gasteiger partial charge in [-0.15, -0.1) is 0 Å². The van der Waals surface area contributed by atoms with Gasteiger partial charge in [-0.2, -0.15) is 0 Å². The Morgan fingerprint density at radius 3 is 2.80 bits per heavy atom. The van der Waals surface area contributed by atoms with Gasteiger partial charge in [-0.3, -0.25) is 4.79 Å². The Morgan fingerprint density at radius 2 is 2.27 bits per heavy atom. The zero-order valence-corrected chi connectivity index (χ0v) is 8.84. The third kappa shape index (κ3) is 2.87. The summed E-state index contributed by atoms with van der Waals surface area (Å²) >= 11 is 0. The van der Waals surface area contributed by atoms with Crippen molar-refractivity contribution >= 4 is 5.97 Å². The second-order valence-corrected chi connectivity index (χ2v) is 3.91. The Bertz CT molecular complexity index is 233. The number of hydrogen-bond acceptors (Lipinski definition) is 3. The number of ether oxygens (including phenoxy) is 1. The molecule has 1 fully saturated rings. The maximum atomic E-state index is 13.3. The van der Waals surface area contributed by atoms with E-state index in [-0.39, 0.29) is 31.9 Å². The third-order valence-electron chi connectivity index (χ3n) is 2.95. The van der Waals surface area contributed by atoms with E-state index >= 15 is 0 Å². The van der Waals surface area contributed by atoms with Crippen LogP contribution in [0.2, 0.25) is 0 Å². The minimum absolute atomic E-state index is 0.0608. The van der Waals surface area contributed by atoms with E-state index in [9.17, 15) is 13.6 Å². The highest BCUT2D eigenvalue weighted by molar-refractivity contribution is 5.69. The predicted molar refractivity (Wildman–Crippen MR) is 51.5 cm³/mol. The van der Waals surface area contributed by atoms with Gasteiger partial charge in [-0.25, -0.2) is 8.78 Å². The fraction of sp³-hybridized carbons (Fsp3) is 0.900. The van der Waals surface area contributed by atoms with E-state index in [4.69, 9.17) is 10.5 Å². The van der Waals surface area contributed by atoms with Crippen molar-refractivity contribution in [1.82, 2.24) is 0 Å². The summed E-state index contributed by atoms with van der Waals surface area (Å²) in [6.07, 6.45) is 0.248. The lowest BCUT2D eigenvalue weighted by Gasteiger charge is -2.22. The van der Waals surface area contributed by atoms with Crippen LogP contribution in [-0.4, -0.2) is 25.0 Å². The highest BCUT2D eigenvalue weighted by atomic mass is 19.3. The zero-order chi connectivity index (χ0) is 11.5. The highest BCUT2D eigenvalue weighted by Gasteiger charge is 2.49. The molecule has 1 aliphatic carbocycles. The first kappa shape index (κ1) is 12.4. The molecule has 0 radical (unpaired) electrons. The van der Waals surface area contributed by atoms with E-state index in [0.717, 1.165) is 0 Å². The molecular weight excluding hydrogens is 204 g/mol. The molecule has 1 saturated carbocycles. The topological polar surface area (TPSA) is 52.3 Å². The Hall–Kier alpha value is -0.710. The number of halogens is 2. The monoisotopic (exact) mass is 221 g/mol. The quantitative estimate of drug-likeness (QED) is 0.733. The molecule has 0 bridgehead atoms. The number of hydrogen-bond donors (Lipinski definition) is 1. The molecule has 0 heterocycles. The van der Waals surface area contributed by atoms with Crippen molar-refractivity contribution < 1.29 is 18.3 Å². The summed E-state index contributed by atoms with van der Waals surface area (Å²) in [5, 5.41) is 0. The van der Waals surface area contributed by atoms with Gasteiger partial charge in [-0.05, 0) is 19.3 Å². The molecule has 0 amide bonds. The summed E-state index contributed by atoms with van der Waals surface area (Å²) in [6, 6.07) is 0. The molecule has 0 unspecified atom stereocenters. The number of carbonyl (C=O) groups excluding carboxylic acids is 1. The lowest BCUT2D eigenvalue weighted by molar-refractivity contribution is -0.145. The van der Waals surface area contributed by atoms with E-state index in [2.05, 4.69) is 0 Å². The fourth-order valence-electron chi connectivity index (χ4n) is 2.15. The molecule has 2 atom stereocenters. The Labute approximate surface area is 88.0 Å². The van der Waals surface area contributed by atoms with E-state index in [1.165, 1.54) is 0 Å². The molecule has 0 saturated heterocycles. The summed E-state index contributed by atoms with van der Waals surface area (Å²) in [6.45, 7) is 1.91. The molecule has 15 heavy (non-hydrogen) atoms. The van der Waals surface area contributed by atoms with E-state index in [1.54, 1.807) is 6.92 Å². The zero-order valence-electron chi connectivity index (χ0n) is 8.84.